The largest absolute Gasteiger partial charge is 0.478 e. The molecule has 0 aliphatic heterocycles. The second-order valence-corrected chi connectivity index (χ2v) is 2.62. The summed E-state index contributed by atoms with van der Waals surface area (Å²) in [6, 6.07) is 7.42. The molecule has 68 valence electrons. The molecule has 0 heterocycles. The van der Waals surface area contributed by atoms with Crippen LogP contribution in [0.3, 0.4) is 0 Å². The summed E-state index contributed by atoms with van der Waals surface area (Å²) >= 11 is 0. The normalized spacial score (nSPS) is 10.5. The van der Waals surface area contributed by atoms with E-state index >= 15 is 0 Å². The molecule has 0 unspecified atom stereocenters. The first-order chi connectivity index (χ1) is 6.22. The highest BCUT2D eigenvalue weighted by Gasteiger charge is 1.90. The topological polar surface area (TPSA) is 63.3 Å². The van der Waals surface area contributed by atoms with Crippen LogP contribution in [-0.2, 0) is 11.3 Å². The molecule has 3 nitrogen and oxygen atoms in total. The van der Waals surface area contributed by atoms with Gasteiger partial charge in [-0.2, -0.15) is 0 Å². The van der Waals surface area contributed by atoms with Gasteiger partial charge in [-0.15, -0.1) is 0 Å². The number of carboxylic acids is 1. The van der Waals surface area contributed by atoms with Crippen molar-refractivity contribution in [2.45, 2.75) is 6.54 Å². The highest BCUT2D eigenvalue weighted by atomic mass is 16.4. The van der Waals surface area contributed by atoms with Crippen molar-refractivity contribution < 1.29 is 9.90 Å². The van der Waals surface area contributed by atoms with Crippen molar-refractivity contribution in [1.82, 2.24) is 0 Å². The highest BCUT2D eigenvalue weighted by molar-refractivity contribution is 5.85. The molecule has 1 aromatic rings. The number of carbonyl (C=O) groups is 1. The SMILES string of the molecule is NCc1ccc(/C=C/C(=O)O)cc1. The predicted molar refractivity (Wildman–Crippen MR) is 51.0 cm³/mol. The number of aliphatic carboxylic acids is 1. The van der Waals surface area contributed by atoms with Gasteiger partial charge >= 0.3 is 5.97 Å². The Bertz CT molecular complexity index is 314. The van der Waals surface area contributed by atoms with E-state index < -0.39 is 5.97 Å². The van der Waals surface area contributed by atoms with E-state index in [1.807, 2.05) is 24.3 Å². The predicted octanol–water partition coefficient (Wildman–Crippen LogP) is 1.24. The lowest BCUT2D eigenvalue weighted by Gasteiger charge is -1.96. The maximum atomic E-state index is 10.2. The Kier molecular flexibility index (Phi) is 3.23. The van der Waals surface area contributed by atoms with Gasteiger partial charge in [-0.25, -0.2) is 4.79 Å². The van der Waals surface area contributed by atoms with Crippen LogP contribution in [0.2, 0.25) is 0 Å². The zero-order valence-electron chi connectivity index (χ0n) is 7.10. The molecule has 0 bridgehead atoms. The molecule has 0 aliphatic rings. The van der Waals surface area contributed by atoms with Crippen LogP contribution < -0.4 is 5.73 Å². The zero-order valence-corrected chi connectivity index (χ0v) is 7.10. The lowest BCUT2D eigenvalue weighted by Crippen LogP contribution is -1.95. The maximum absolute atomic E-state index is 10.2. The zero-order chi connectivity index (χ0) is 9.68. The van der Waals surface area contributed by atoms with Gasteiger partial charge in [0, 0.05) is 12.6 Å². The molecule has 0 atom stereocenters. The Morgan fingerprint density at radius 3 is 2.46 bits per heavy atom. The molecule has 13 heavy (non-hydrogen) atoms. The van der Waals surface area contributed by atoms with Crippen LogP contribution in [0.5, 0.6) is 0 Å². The number of rotatable bonds is 3. The summed E-state index contributed by atoms with van der Waals surface area (Å²) in [4.78, 5) is 10.2. The average Bonchev–Trinajstić information content (AvgIpc) is 2.15. The van der Waals surface area contributed by atoms with Crippen LogP contribution in [0.15, 0.2) is 30.3 Å². The molecule has 0 radical (unpaired) electrons. The van der Waals surface area contributed by atoms with Crippen molar-refractivity contribution in [3.05, 3.63) is 41.5 Å². The number of hydrogen-bond acceptors (Lipinski definition) is 2. The molecule has 0 fully saturated rings. The van der Waals surface area contributed by atoms with Crippen molar-refractivity contribution in [2.24, 2.45) is 5.73 Å². The van der Waals surface area contributed by atoms with E-state index in [1.54, 1.807) is 6.08 Å². The van der Waals surface area contributed by atoms with E-state index in [0.717, 1.165) is 17.2 Å². The smallest absolute Gasteiger partial charge is 0.328 e. The minimum Gasteiger partial charge on any atom is -0.478 e. The van der Waals surface area contributed by atoms with E-state index in [2.05, 4.69) is 0 Å². The van der Waals surface area contributed by atoms with E-state index in [4.69, 9.17) is 10.8 Å². The summed E-state index contributed by atoms with van der Waals surface area (Å²) in [6.07, 6.45) is 2.65. The molecule has 0 spiro atoms. The first-order valence-electron chi connectivity index (χ1n) is 3.92. The van der Waals surface area contributed by atoms with E-state index in [9.17, 15) is 4.79 Å². The number of hydrogen-bond donors (Lipinski definition) is 2. The Morgan fingerprint density at radius 2 is 2.00 bits per heavy atom. The van der Waals surface area contributed by atoms with Crippen LogP contribution >= 0.6 is 0 Å². The minimum absolute atomic E-state index is 0.503. The van der Waals surface area contributed by atoms with Crippen LogP contribution in [0.25, 0.3) is 6.08 Å². The third-order valence-corrected chi connectivity index (χ3v) is 1.63. The summed E-state index contributed by atoms with van der Waals surface area (Å²) in [5.74, 6) is -0.942. The molecule has 0 aromatic heterocycles. The molecule has 0 saturated heterocycles. The van der Waals surface area contributed by atoms with E-state index in [0.29, 0.717) is 6.54 Å². The third-order valence-electron chi connectivity index (χ3n) is 1.63. The fourth-order valence-corrected chi connectivity index (χ4v) is 0.932. The molecule has 3 heteroatoms. The fourth-order valence-electron chi connectivity index (χ4n) is 0.932. The van der Waals surface area contributed by atoms with Crippen LogP contribution in [0, 0.1) is 0 Å². The van der Waals surface area contributed by atoms with Gasteiger partial charge in [0.1, 0.15) is 0 Å². The van der Waals surface area contributed by atoms with Gasteiger partial charge in [0.05, 0.1) is 0 Å². The van der Waals surface area contributed by atoms with Crippen molar-refractivity contribution in [3.8, 4) is 0 Å². The van der Waals surface area contributed by atoms with Gasteiger partial charge in [0.2, 0.25) is 0 Å². The lowest BCUT2D eigenvalue weighted by molar-refractivity contribution is -0.131. The van der Waals surface area contributed by atoms with Crippen molar-refractivity contribution in [2.75, 3.05) is 0 Å². The molecule has 3 N–H and O–H groups in total. The van der Waals surface area contributed by atoms with Gasteiger partial charge in [-0.05, 0) is 17.2 Å². The molecule has 0 saturated carbocycles. The maximum Gasteiger partial charge on any atom is 0.328 e. The standard InChI is InChI=1S/C10H11NO2/c11-7-9-3-1-8(2-4-9)5-6-10(12)13/h1-6H,7,11H2,(H,12,13)/b6-5+. The summed E-state index contributed by atoms with van der Waals surface area (Å²) < 4.78 is 0. The Balaban J connectivity index is 2.75. The Hall–Kier alpha value is -1.61. The van der Waals surface area contributed by atoms with Gasteiger partial charge in [-0.1, -0.05) is 24.3 Å². The van der Waals surface area contributed by atoms with Gasteiger partial charge in [0.25, 0.3) is 0 Å². The molecular formula is C10H11NO2. The quantitative estimate of drug-likeness (QED) is 0.683. The van der Waals surface area contributed by atoms with Crippen LogP contribution in [0.4, 0.5) is 0 Å². The van der Waals surface area contributed by atoms with Gasteiger partial charge < -0.3 is 10.8 Å². The Morgan fingerprint density at radius 1 is 1.38 bits per heavy atom. The van der Waals surface area contributed by atoms with Gasteiger partial charge in [-0.3, -0.25) is 0 Å². The molecule has 1 aromatic carbocycles. The summed E-state index contributed by atoms with van der Waals surface area (Å²) in [6.45, 7) is 0.503. The summed E-state index contributed by atoms with van der Waals surface area (Å²) in [7, 11) is 0. The molecule has 0 amide bonds. The first-order valence-corrected chi connectivity index (χ1v) is 3.92. The van der Waals surface area contributed by atoms with Gasteiger partial charge in [0.15, 0.2) is 0 Å². The van der Waals surface area contributed by atoms with Crippen LogP contribution in [-0.4, -0.2) is 11.1 Å². The Labute approximate surface area is 76.5 Å². The van der Waals surface area contributed by atoms with Crippen molar-refractivity contribution in [1.29, 1.82) is 0 Å². The average molecular weight is 177 g/mol. The number of benzene rings is 1. The number of nitrogens with two attached hydrogens (primary N) is 1. The highest BCUT2D eigenvalue weighted by Crippen LogP contribution is 2.05. The molecular weight excluding hydrogens is 166 g/mol. The van der Waals surface area contributed by atoms with E-state index in [-0.39, 0.29) is 0 Å². The summed E-state index contributed by atoms with van der Waals surface area (Å²) in [5, 5.41) is 8.37. The first kappa shape index (κ1) is 9.48. The van der Waals surface area contributed by atoms with Crippen LogP contribution in [0.1, 0.15) is 11.1 Å². The molecule has 1 rings (SSSR count). The molecule has 0 aliphatic carbocycles. The van der Waals surface area contributed by atoms with Crippen molar-refractivity contribution >= 4 is 12.0 Å². The summed E-state index contributed by atoms with van der Waals surface area (Å²) in [5.41, 5.74) is 7.31. The number of carboxylic acid groups (broad SMARTS) is 1. The second-order valence-electron chi connectivity index (χ2n) is 2.62. The monoisotopic (exact) mass is 177 g/mol. The lowest BCUT2D eigenvalue weighted by atomic mass is 10.1. The second kappa shape index (κ2) is 4.42. The third kappa shape index (κ3) is 3.09. The fraction of sp³-hybridized carbons (Fsp3) is 0.100. The van der Waals surface area contributed by atoms with E-state index in [1.165, 1.54) is 0 Å². The van der Waals surface area contributed by atoms with Crippen molar-refractivity contribution in [3.63, 3.8) is 0 Å². The minimum atomic E-state index is -0.942.